The van der Waals surface area contributed by atoms with E-state index in [9.17, 15) is 8.42 Å². The Morgan fingerprint density at radius 1 is 1.25 bits per heavy atom. The van der Waals surface area contributed by atoms with Crippen molar-refractivity contribution >= 4 is 21.2 Å². The number of sulfone groups is 1. The van der Waals surface area contributed by atoms with Gasteiger partial charge in [0.05, 0.1) is 10.6 Å². The summed E-state index contributed by atoms with van der Waals surface area (Å²) in [7, 11) is -3.14. The van der Waals surface area contributed by atoms with Crippen molar-refractivity contribution in [1.29, 1.82) is 0 Å². The minimum Gasteiger partial charge on any atom is -0.223 e. The second-order valence-electron chi connectivity index (χ2n) is 3.97. The first-order chi connectivity index (χ1) is 7.58. The molecule has 0 atom stereocenters. The van der Waals surface area contributed by atoms with E-state index in [1.165, 1.54) is 0 Å². The molecule has 0 spiro atoms. The maximum atomic E-state index is 12.0. The van der Waals surface area contributed by atoms with E-state index in [1.807, 2.05) is 25.1 Å². The summed E-state index contributed by atoms with van der Waals surface area (Å²) in [4.78, 5) is 2.75. The zero-order valence-electron chi connectivity index (χ0n) is 8.73. The largest absolute Gasteiger partial charge is 0.223 e. The molecule has 0 unspecified atom stereocenters. The number of aryl methyl sites for hydroxylation is 1. The lowest BCUT2D eigenvalue weighted by Crippen LogP contribution is -2.10. The average molecular weight is 250 g/mol. The molecule has 0 aliphatic carbocycles. The molecule has 1 aromatic heterocycles. The van der Waals surface area contributed by atoms with Crippen molar-refractivity contribution in [3.05, 3.63) is 40.8 Å². The van der Waals surface area contributed by atoms with Crippen molar-refractivity contribution in [3.63, 3.8) is 0 Å². The summed E-state index contributed by atoms with van der Waals surface area (Å²) < 4.78 is 24.1. The van der Waals surface area contributed by atoms with Crippen molar-refractivity contribution in [2.45, 2.75) is 17.6 Å². The fraction of sp³-hybridized carbons (Fsp3) is 0.167. The van der Waals surface area contributed by atoms with Gasteiger partial charge in [-0.2, -0.15) is 0 Å². The highest BCUT2D eigenvalue weighted by atomic mass is 32.2. The molecule has 16 heavy (non-hydrogen) atoms. The van der Waals surface area contributed by atoms with Crippen LogP contribution in [-0.4, -0.2) is 8.42 Å². The Labute approximate surface area is 98.5 Å². The standard InChI is InChI=1S/C12H10O2S2/c1-8-6-9-7-16(13,14)11-5-3-2-4-10(11)12(9)15-8/h2-6H,7H2,1H3. The van der Waals surface area contributed by atoms with Crippen molar-refractivity contribution in [2.75, 3.05) is 0 Å². The van der Waals surface area contributed by atoms with Gasteiger partial charge in [0.15, 0.2) is 9.84 Å². The van der Waals surface area contributed by atoms with E-state index in [0.29, 0.717) is 4.90 Å². The normalized spacial score (nSPS) is 16.6. The number of hydrogen-bond donors (Lipinski definition) is 0. The molecule has 0 saturated carbocycles. The van der Waals surface area contributed by atoms with Crippen molar-refractivity contribution < 1.29 is 8.42 Å². The number of hydrogen-bond acceptors (Lipinski definition) is 3. The molecule has 1 aliphatic rings. The molecule has 2 heterocycles. The lowest BCUT2D eigenvalue weighted by molar-refractivity contribution is 0.595. The molecule has 0 saturated heterocycles. The summed E-state index contributed by atoms with van der Waals surface area (Å²) in [6.07, 6.45) is 0. The summed E-state index contributed by atoms with van der Waals surface area (Å²) >= 11 is 1.67. The van der Waals surface area contributed by atoms with Crippen LogP contribution in [0, 0.1) is 6.92 Å². The highest BCUT2D eigenvalue weighted by Crippen LogP contribution is 2.42. The lowest BCUT2D eigenvalue weighted by atomic mass is 10.1. The van der Waals surface area contributed by atoms with Crippen LogP contribution in [-0.2, 0) is 15.6 Å². The van der Waals surface area contributed by atoms with Gasteiger partial charge in [-0.05, 0) is 24.6 Å². The maximum Gasteiger partial charge on any atom is 0.183 e. The number of fused-ring (bicyclic) bond motifs is 3. The molecule has 0 fully saturated rings. The first kappa shape index (κ1) is 10.1. The topological polar surface area (TPSA) is 34.1 Å². The lowest BCUT2D eigenvalue weighted by Gasteiger charge is -2.15. The SMILES string of the molecule is Cc1cc2c(s1)-c1ccccc1S(=O)(=O)C2. The second-order valence-corrected chi connectivity index (χ2v) is 7.18. The van der Waals surface area contributed by atoms with Crippen LogP contribution >= 0.6 is 11.3 Å². The van der Waals surface area contributed by atoms with E-state index in [1.54, 1.807) is 23.5 Å². The fourth-order valence-corrected chi connectivity index (χ4v) is 4.92. The second kappa shape index (κ2) is 3.18. The Morgan fingerprint density at radius 2 is 2.00 bits per heavy atom. The first-order valence-electron chi connectivity index (χ1n) is 4.99. The van der Waals surface area contributed by atoms with Gasteiger partial charge < -0.3 is 0 Å². The van der Waals surface area contributed by atoms with Gasteiger partial charge in [0.2, 0.25) is 0 Å². The van der Waals surface area contributed by atoms with Crippen LogP contribution in [0.25, 0.3) is 10.4 Å². The Kier molecular flexibility index (Phi) is 2.00. The number of benzene rings is 1. The van der Waals surface area contributed by atoms with Crippen molar-refractivity contribution in [1.82, 2.24) is 0 Å². The molecule has 0 bridgehead atoms. The molecule has 2 aromatic rings. The van der Waals surface area contributed by atoms with Gasteiger partial charge in [-0.15, -0.1) is 11.3 Å². The number of rotatable bonds is 0. The van der Waals surface area contributed by atoms with E-state index in [4.69, 9.17) is 0 Å². The Balaban J connectivity index is 2.41. The Bertz CT molecular complexity index is 666. The van der Waals surface area contributed by atoms with E-state index >= 15 is 0 Å². The third-order valence-corrected chi connectivity index (χ3v) is 5.59. The molecule has 1 aliphatic heterocycles. The predicted molar refractivity (Wildman–Crippen MR) is 65.4 cm³/mol. The summed E-state index contributed by atoms with van der Waals surface area (Å²) in [6.45, 7) is 2.01. The molecule has 0 N–H and O–H groups in total. The van der Waals surface area contributed by atoms with Crippen LogP contribution in [0.1, 0.15) is 10.4 Å². The predicted octanol–water partition coefficient (Wildman–Crippen LogP) is 3.01. The van der Waals surface area contributed by atoms with Crippen LogP contribution in [0.4, 0.5) is 0 Å². The smallest absolute Gasteiger partial charge is 0.183 e. The highest BCUT2D eigenvalue weighted by molar-refractivity contribution is 7.91. The van der Waals surface area contributed by atoms with Gasteiger partial charge in [0.25, 0.3) is 0 Å². The molecular weight excluding hydrogens is 240 g/mol. The fourth-order valence-electron chi connectivity index (χ4n) is 2.11. The summed E-state index contributed by atoms with van der Waals surface area (Å²) in [5.74, 6) is 0.143. The van der Waals surface area contributed by atoms with Gasteiger partial charge in [0, 0.05) is 15.3 Å². The van der Waals surface area contributed by atoms with Gasteiger partial charge in [0.1, 0.15) is 0 Å². The maximum absolute atomic E-state index is 12.0. The molecule has 3 rings (SSSR count). The van der Waals surface area contributed by atoms with E-state index in [0.717, 1.165) is 20.9 Å². The van der Waals surface area contributed by atoms with Gasteiger partial charge in [-0.25, -0.2) is 8.42 Å². The van der Waals surface area contributed by atoms with Crippen LogP contribution < -0.4 is 0 Å². The zero-order chi connectivity index (χ0) is 11.3. The Hall–Kier alpha value is -1.13. The molecule has 2 nitrogen and oxygen atoms in total. The van der Waals surface area contributed by atoms with E-state index in [-0.39, 0.29) is 5.75 Å². The van der Waals surface area contributed by atoms with Gasteiger partial charge in [-0.1, -0.05) is 18.2 Å². The van der Waals surface area contributed by atoms with Crippen LogP contribution in [0.2, 0.25) is 0 Å². The van der Waals surface area contributed by atoms with Gasteiger partial charge in [-0.3, -0.25) is 0 Å². The van der Waals surface area contributed by atoms with Crippen molar-refractivity contribution in [2.24, 2.45) is 0 Å². The minimum absolute atomic E-state index is 0.143. The molecule has 82 valence electrons. The van der Waals surface area contributed by atoms with Gasteiger partial charge >= 0.3 is 0 Å². The van der Waals surface area contributed by atoms with Crippen LogP contribution in [0.3, 0.4) is 0 Å². The first-order valence-corrected chi connectivity index (χ1v) is 7.46. The Morgan fingerprint density at radius 3 is 2.81 bits per heavy atom. The van der Waals surface area contributed by atoms with Crippen LogP contribution in [0.15, 0.2) is 35.2 Å². The van der Waals surface area contributed by atoms with Crippen molar-refractivity contribution in [3.8, 4) is 10.4 Å². The zero-order valence-corrected chi connectivity index (χ0v) is 10.4. The molecular formula is C12H10O2S2. The molecule has 0 amide bonds. The molecule has 1 aromatic carbocycles. The van der Waals surface area contributed by atoms with Crippen LogP contribution in [0.5, 0.6) is 0 Å². The molecule has 4 heteroatoms. The quantitative estimate of drug-likeness (QED) is 0.720. The molecule has 0 radical (unpaired) electrons. The third kappa shape index (κ3) is 1.33. The summed E-state index contributed by atoms with van der Waals surface area (Å²) in [6, 6.07) is 9.23. The third-order valence-electron chi connectivity index (χ3n) is 2.74. The monoisotopic (exact) mass is 250 g/mol. The van der Waals surface area contributed by atoms with E-state index < -0.39 is 9.84 Å². The highest BCUT2D eigenvalue weighted by Gasteiger charge is 2.28. The average Bonchev–Trinajstić information content (AvgIpc) is 2.58. The summed E-state index contributed by atoms with van der Waals surface area (Å²) in [5, 5.41) is 0. The van der Waals surface area contributed by atoms with E-state index in [2.05, 4.69) is 0 Å². The summed E-state index contributed by atoms with van der Waals surface area (Å²) in [5.41, 5.74) is 1.81. The minimum atomic E-state index is -3.14. The number of thiophene rings is 1.